The summed E-state index contributed by atoms with van der Waals surface area (Å²) in [5, 5.41) is 2.83. The molecule has 0 aliphatic heterocycles. The maximum absolute atomic E-state index is 13.0. The molecule has 0 spiro atoms. The molecule has 0 radical (unpaired) electrons. The van der Waals surface area contributed by atoms with Crippen molar-refractivity contribution in [2.24, 2.45) is 0 Å². The number of methoxy groups -OCH3 is 1. The maximum atomic E-state index is 13.0. The van der Waals surface area contributed by atoms with E-state index in [9.17, 15) is 13.2 Å². The Morgan fingerprint density at radius 2 is 1.75 bits per heavy atom. The van der Waals surface area contributed by atoms with Gasteiger partial charge in [-0.2, -0.15) is 0 Å². The minimum absolute atomic E-state index is 0.117. The van der Waals surface area contributed by atoms with Crippen LogP contribution < -0.4 is 9.62 Å². The van der Waals surface area contributed by atoms with E-state index >= 15 is 0 Å². The van der Waals surface area contributed by atoms with E-state index in [4.69, 9.17) is 4.74 Å². The summed E-state index contributed by atoms with van der Waals surface area (Å²) in [6.45, 7) is 4.33. The van der Waals surface area contributed by atoms with Gasteiger partial charge in [0, 0.05) is 30.2 Å². The van der Waals surface area contributed by atoms with Crippen LogP contribution in [0.15, 0.2) is 58.3 Å². The van der Waals surface area contributed by atoms with Gasteiger partial charge in [-0.15, -0.1) is 11.8 Å². The van der Waals surface area contributed by atoms with Gasteiger partial charge in [0.2, 0.25) is 0 Å². The molecule has 0 unspecified atom stereocenters. The first-order valence-corrected chi connectivity index (χ1v) is 11.6. The van der Waals surface area contributed by atoms with Crippen molar-refractivity contribution >= 4 is 33.4 Å². The average Bonchev–Trinajstić information content (AvgIpc) is 2.69. The lowest BCUT2D eigenvalue weighted by Gasteiger charge is -2.23. The molecule has 1 amide bonds. The zero-order chi connectivity index (χ0) is 20.7. The number of nitrogens with one attached hydrogen (secondary N) is 1. The van der Waals surface area contributed by atoms with Crippen LogP contribution in [0.1, 0.15) is 24.2 Å². The predicted octanol–water partition coefficient (Wildman–Crippen LogP) is 3.39. The van der Waals surface area contributed by atoms with Crippen LogP contribution in [0, 0.1) is 0 Å². The van der Waals surface area contributed by atoms with E-state index in [1.54, 1.807) is 74.3 Å². The second kappa shape index (κ2) is 9.95. The number of anilines is 1. The molecule has 28 heavy (non-hydrogen) atoms. The van der Waals surface area contributed by atoms with E-state index in [0.717, 1.165) is 4.90 Å². The number of carbonyl (C=O) groups is 1. The van der Waals surface area contributed by atoms with Gasteiger partial charge in [0.25, 0.3) is 15.9 Å². The normalized spacial score (nSPS) is 12.4. The minimum Gasteiger partial charge on any atom is -0.383 e. The fraction of sp³-hybridized carbons (Fsp3) is 0.350. The third-order valence-corrected chi connectivity index (χ3v) is 6.81. The van der Waals surface area contributed by atoms with Crippen LogP contribution in [0.4, 0.5) is 5.69 Å². The summed E-state index contributed by atoms with van der Waals surface area (Å²) in [6.07, 6.45) is 1.94. The van der Waals surface area contributed by atoms with Crippen LogP contribution in [-0.2, 0) is 14.8 Å². The third-order valence-electron chi connectivity index (χ3n) is 4.15. The molecule has 0 saturated carbocycles. The summed E-state index contributed by atoms with van der Waals surface area (Å²) in [5.41, 5.74) is 0.974. The predicted molar refractivity (Wildman–Crippen MR) is 114 cm³/mol. The molecule has 1 atom stereocenters. The highest BCUT2D eigenvalue weighted by Crippen LogP contribution is 2.25. The average molecular weight is 423 g/mol. The van der Waals surface area contributed by atoms with Crippen LogP contribution in [0.3, 0.4) is 0 Å². The molecule has 152 valence electrons. The molecule has 8 heteroatoms. The SMILES string of the molecule is CCN(c1ccc(C(=O)N[C@H](C)COC)cc1)S(=O)(=O)c1ccc(SC)cc1. The van der Waals surface area contributed by atoms with Gasteiger partial charge in [0.15, 0.2) is 0 Å². The molecule has 0 aliphatic carbocycles. The highest BCUT2D eigenvalue weighted by Gasteiger charge is 2.23. The van der Waals surface area contributed by atoms with Gasteiger partial charge in [0.05, 0.1) is 17.2 Å². The fourth-order valence-electron chi connectivity index (χ4n) is 2.74. The van der Waals surface area contributed by atoms with Crippen molar-refractivity contribution in [2.75, 3.05) is 30.8 Å². The number of rotatable bonds is 9. The first-order valence-electron chi connectivity index (χ1n) is 8.90. The standard InChI is InChI=1S/C20H26N2O4S2/c1-5-22(28(24,25)19-12-10-18(27-4)11-13-19)17-8-6-16(7-9-17)20(23)21-15(2)14-26-3/h6-13,15H,5,14H2,1-4H3,(H,21,23)/t15-/m1/s1. The van der Waals surface area contributed by atoms with Crippen molar-refractivity contribution < 1.29 is 17.9 Å². The van der Waals surface area contributed by atoms with Gasteiger partial charge in [-0.1, -0.05) is 0 Å². The number of sulfonamides is 1. The number of nitrogens with zero attached hydrogens (tertiary/aromatic N) is 1. The Morgan fingerprint density at radius 3 is 2.25 bits per heavy atom. The van der Waals surface area contributed by atoms with Crippen molar-refractivity contribution in [1.29, 1.82) is 0 Å². The Bertz CT molecular complexity index is 881. The van der Waals surface area contributed by atoms with Gasteiger partial charge >= 0.3 is 0 Å². The number of thioether (sulfide) groups is 1. The second-order valence-electron chi connectivity index (χ2n) is 6.22. The van der Waals surface area contributed by atoms with Gasteiger partial charge < -0.3 is 10.1 Å². The van der Waals surface area contributed by atoms with Crippen LogP contribution in [-0.4, -0.2) is 46.9 Å². The molecule has 2 rings (SSSR count). The Kier molecular flexibility index (Phi) is 7.91. The summed E-state index contributed by atoms with van der Waals surface area (Å²) in [7, 11) is -2.11. The molecule has 0 heterocycles. The third kappa shape index (κ3) is 5.27. The molecular formula is C20H26N2O4S2. The number of amides is 1. The molecule has 6 nitrogen and oxygen atoms in total. The van der Waals surface area contributed by atoms with E-state index in [1.807, 2.05) is 13.2 Å². The number of hydrogen-bond donors (Lipinski definition) is 1. The van der Waals surface area contributed by atoms with Crippen LogP contribution in [0.2, 0.25) is 0 Å². The Labute approximate surface area is 171 Å². The summed E-state index contributed by atoms with van der Waals surface area (Å²) in [6, 6.07) is 13.2. The van der Waals surface area contributed by atoms with E-state index in [1.165, 1.54) is 4.31 Å². The summed E-state index contributed by atoms with van der Waals surface area (Å²) in [5.74, 6) is -0.227. The molecule has 0 aliphatic rings. The zero-order valence-electron chi connectivity index (χ0n) is 16.5. The maximum Gasteiger partial charge on any atom is 0.264 e. The van der Waals surface area contributed by atoms with Crippen LogP contribution in [0.5, 0.6) is 0 Å². The Morgan fingerprint density at radius 1 is 1.14 bits per heavy atom. The lowest BCUT2D eigenvalue weighted by Crippen LogP contribution is -2.35. The zero-order valence-corrected chi connectivity index (χ0v) is 18.1. The topological polar surface area (TPSA) is 75.7 Å². The quantitative estimate of drug-likeness (QED) is 0.627. The van der Waals surface area contributed by atoms with E-state index in [2.05, 4.69) is 5.32 Å². The summed E-state index contributed by atoms with van der Waals surface area (Å²) in [4.78, 5) is 13.5. The lowest BCUT2D eigenvalue weighted by atomic mass is 10.2. The molecule has 0 fully saturated rings. The smallest absolute Gasteiger partial charge is 0.264 e. The van der Waals surface area contributed by atoms with E-state index < -0.39 is 10.0 Å². The first kappa shape index (κ1) is 22.3. The minimum atomic E-state index is -3.68. The Hall–Kier alpha value is -2.03. The Balaban J connectivity index is 2.22. The highest BCUT2D eigenvalue weighted by molar-refractivity contribution is 7.98. The molecule has 2 aromatic carbocycles. The van der Waals surface area contributed by atoms with E-state index in [-0.39, 0.29) is 23.4 Å². The molecule has 0 bridgehead atoms. The summed E-state index contributed by atoms with van der Waals surface area (Å²) >= 11 is 1.56. The van der Waals surface area contributed by atoms with Crippen LogP contribution in [0.25, 0.3) is 0 Å². The highest BCUT2D eigenvalue weighted by atomic mass is 32.2. The largest absolute Gasteiger partial charge is 0.383 e. The number of ether oxygens (including phenoxy) is 1. The molecule has 2 aromatic rings. The summed E-state index contributed by atoms with van der Waals surface area (Å²) < 4.78 is 32.4. The van der Waals surface area contributed by atoms with Gasteiger partial charge in [-0.3, -0.25) is 9.10 Å². The number of benzene rings is 2. The fourth-order valence-corrected chi connectivity index (χ4v) is 4.63. The molecular weight excluding hydrogens is 396 g/mol. The number of carbonyl (C=O) groups excluding carboxylic acids is 1. The van der Waals surface area contributed by atoms with Crippen LogP contribution >= 0.6 is 11.8 Å². The number of hydrogen-bond acceptors (Lipinski definition) is 5. The monoisotopic (exact) mass is 422 g/mol. The molecule has 0 aromatic heterocycles. The molecule has 0 saturated heterocycles. The first-order chi connectivity index (χ1) is 13.3. The van der Waals surface area contributed by atoms with Crippen molar-refractivity contribution in [1.82, 2.24) is 5.32 Å². The van der Waals surface area contributed by atoms with Crippen molar-refractivity contribution in [2.45, 2.75) is 29.7 Å². The second-order valence-corrected chi connectivity index (χ2v) is 8.96. The molecule has 1 N–H and O–H groups in total. The van der Waals surface area contributed by atoms with Gasteiger partial charge in [-0.05, 0) is 68.6 Å². The van der Waals surface area contributed by atoms with E-state index in [0.29, 0.717) is 17.9 Å². The lowest BCUT2D eigenvalue weighted by molar-refractivity contribution is 0.0905. The van der Waals surface area contributed by atoms with Crippen molar-refractivity contribution in [3.05, 3.63) is 54.1 Å². The van der Waals surface area contributed by atoms with Gasteiger partial charge in [0.1, 0.15) is 0 Å². The van der Waals surface area contributed by atoms with Crippen molar-refractivity contribution in [3.8, 4) is 0 Å². The van der Waals surface area contributed by atoms with Crippen molar-refractivity contribution in [3.63, 3.8) is 0 Å². The van der Waals surface area contributed by atoms with Gasteiger partial charge in [-0.25, -0.2) is 8.42 Å².